The van der Waals surface area contributed by atoms with Crippen molar-refractivity contribution in [2.45, 2.75) is 6.18 Å². The lowest BCUT2D eigenvalue weighted by atomic mass is 10.2. The van der Waals surface area contributed by atoms with E-state index in [1.165, 1.54) is 16.8 Å². The van der Waals surface area contributed by atoms with Gasteiger partial charge >= 0.3 is 6.18 Å². The highest BCUT2D eigenvalue weighted by Crippen LogP contribution is 2.34. The Labute approximate surface area is 138 Å². The number of pyridine rings is 1. The Hall–Kier alpha value is -2.19. The lowest BCUT2D eigenvalue weighted by Crippen LogP contribution is -2.07. The maximum absolute atomic E-state index is 13.0. The summed E-state index contributed by atoms with van der Waals surface area (Å²) in [5, 5.41) is 6.75. The van der Waals surface area contributed by atoms with Crippen LogP contribution in [0.3, 0.4) is 0 Å². The number of aromatic nitrogens is 4. The molecule has 3 rings (SSSR count). The Morgan fingerprint density at radius 3 is 2.65 bits per heavy atom. The number of halogens is 4. The number of hydrogen-bond acceptors (Lipinski definition) is 3. The fraction of sp³-hybridized carbons (Fsp3) is 0.0714. The molecule has 0 atom stereocenters. The SMILES string of the molecule is FC(F)(F)c1ccc(Cl)c(-n2c(-c3cccnc3)n[nH]c2=S)c1. The van der Waals surface area contributed by atoms with Gasteiger partial charge in [0.2, 0.25) is 0 Å². The van der Waals surface area contributed by atoms with Gasteiger partial charge in [-0.1, -0.05) is 11.6 Å². The van der Waals surface area contributed by atoms with Crippen LogP contribution in [-0.2, 0) is 6.18 Å². The number of benzene rings is 1. The minimum absolute atomic E-state index is 0.0964. The third-order valence-corrected chi connectivity index (χ3v) is 3.70. The van der Waals surface area contributed by atoms with Crippen LogP contribution >= 0.6 is 23.8 Å². The summed E-state index contributed by atoms with van der Waals surface area (Å²) in [4.78, 5) is 3.97. The summed E-state index contributed by atoms with van der Waals surface area (Å²) >= 11 is 11.2. The van der Waals surface area contributed by atoms with E-state index in [2.05, 4.69) is 15.2 Å². The van der Waals surface area contributed by atoms with E-state index in [0.717, 1.165) is 12.1 Å². The van der Waals surface area contributed by atoms with Crippen molar-refractivity contribution in [3.05, 3.63) is 58.1 Å². The van der Waals surface area contributed by atoms with E-state index in [0.29, 0.717) is 11.4 Å². The molecule has 2 heterocycles. The van der Waals surface area contributed by atoms with Crippen LogP contribution in [0.5, 0.6) is 0 Å². The highest BCUT2D eigenvalue weighted by atomic mass is 35.5. The van der Waals surface area contributed by atoms with Gasteiger partial charge in [0.05, 0.1) is 16.3 Å². The van der Waals surface area contributed by atoms with Crippen molar-refractivity contribution in [1.82, 2.24) is 19.7 Å². The molecule has 0 aliphatic carbocycles. The number of rotatable bonds is 2. The molecule has 0 saturated heterocycles. The van der Waals surface area contributed by atoms with Crippen molar-refractivity contribution in [2.24, 2.45) is 0 Å². The number of alkyl halides is 3. The summed E-state index contributed by atoms with van der Waals surface area (Å²) in [5.41, 5.74) is -0.135. The molecule has 1 N–H and O–H groups in total. The first kappa shape index (κ1) is 15.7. The molecule has 0 radical (unpaired) electrons. The van der Waals surface area contributed by atoms with Gasteiger partial charge in [-0.15, -0.1) is 0 Å². The molecule has 1 aromatic carbocycles. The first-order valence-electron chi connectivity index (χ1n) is 6.33. The lowest BCUT2D eigenvalue weighted by Gasteiger charge is -2.12. The third-order valence-electron chi connectivity index (χ3n) is 3.11. The van der Waals surface area contributed by atoms with Crippen molar-refractivity contribution < 1.29 is 13.2 Å². The first-order chi connectivity index (χ1) is 10.9. The number of aromatic amines is 1. The molecule has 0 unspecified atom stereocenters. The van der Waals surface area contributed by atoms with Gasteiger partial charge in [-0.3, -0.25) is 14.6 Å². The van der Waals surface area contributed by atoms with Crippen molar-refractivity contribution in [3.8, 4) is 17.1 Å². The maximum Gasteiger partial charge on any atom is 0.416 e. The predicted octanol–water partition coefficient (Wildman–Crippen LogP) is 4.66. The van der Waals surface area contributed by atoms with Crippen LogP contribution in [-0.4, -0.2) is 19.7 Å². The highest BCUT2D eigenvalue weighted by Gasteiger charge is 2.31. The van der Waals surface area contributed by atoms with Crippen molar-refractivity contribution >= 4 is 23.8 Å². The zero-order chi connectivity index (χ0) is 16.6. The smallest absolute Gasteiger partial charge is 0.267 e. The molecule has 0 aliphatic heterocycles. The maximum atomic E-state index is 13.0. The van der Waals surface area contributed by atoms with Gasteiger partial charge in [-0.25, -0.2) is 0 Å². The predicted molar refractivity (Wildman–Crippen MR) is 82.0 cm³/mol. The first-order valence-corrected chi connectivity index (χ1v) is 7.11. The van der Waals surface area contributed by atoms with Crippen LogP contribution in [0.25, 0.3) is 17.1 Å². The minimum Gasteiger partial charge on any atom is -0.267 e. The minimum atomic E-state index is -4.49. The molecular formula is C14H8ClF3N4S. The van der Waals surface area contributed by atoms with Crippen molar-refractivity contribution in [2.75, 3.05) is 0 Å². The Kier molecular flexibility index (Phi) is 3.95. The van der Waals surface area contributed by atoms with E-state index < -0.39 is 11.7 Å². The number of hydrogen-bond donors (Lipinski definition) is 1. The summed E-state index contributed by atoms with van der Waals surface area (Å²) in [6, 6.07) is 6.44. The van der Waals surface area contributed by atoms with Crippen LogP contribution in [0, 0.1) is 4.77 Å². The number of H-pyrrole nitrogens is 1. The summed E-state index contributed by atoms with van der Waals surface area (Å²) in [7, 11) is 0. The molecule has 0 fully saturated rings. The Morgan fingerprint density at radius 2 is 2.00 bits per heavy atom. The quantitative estimate of drug-likeness (QED) is 0.679. The van der Waals surface area contributed by atoms with E-state index in [4.69, 9.17) is 23.8 Å². The normalized spacial score (nSPS) is 11.7. The van der Waals surface area contributed by atoms with Crippen molar-refractivity contribution in [3.63, 3.8) is 0 Å². The van der Waals surface area contributed by atoms with Crippen LogP contribution in [0.1, 0.15) is 5.56 Å². The third kappa shape index (κ3) is 2.99. The van der Waals surface area contributed by atoms with E-state index in [1.54, 1.807) is 18.3 Å². The van der Waals surface area contributed by atoms with Gasteiger partial charge in [-0.2, -0.15) is 18.3 Å². The number of nitrogens with zero attached hydrogens (tertiary/aromatic N) is 3. The Morgan fingerprint density at radius 1 is 1.22 bits per heavy atom. The summed E-state index contributed by atoms with van der Waals surface area (Å²) in [6.45, 7) is 0. The van der Waals surface area contributed by atoms with Gasteiger partial charge in [0.1, 0.15) is 0 Å². The van der Waals surface area contributed by atoms with Crippen LogP contribution < -0.4 is 0 Å². The van der Waals surface area contributed by atoms with Crippen LogP contribution in [0.15, 0.2) is 42.7 Å². The average Bonchev–Trinajstić information content (AvgIpc) is 2.89. The lowest BCUT2D eigenvalue weighted by molar-refractivity contribution is -0.137. The molecular weight excluding hydrogens is 349 g/mol. The summed E-state index contributed by atoms with van der Waals surface area (Å²) in [5.74, 6) is 0.323. The van der Waals surface area contributed by atoms with E-state index >= 15 is 0 Å². The van der Waals surface area contributed by atoms with Gasteiger partial charge in [0.25, 0.3) is 0 Å². The molecule has 0 aliphatic rings. The molecule has 3 aromatic rings. The molecule has 0 spiro atoms. The van der Waals surface area contributed by atoms with Gasteiger partial charge in [0.15, 0.2) is 10.6 Å². The molecule has 4 nitrogen and oxygen atoms in total. The second-order valence-corrected chi connectivity index (χ2v) is 5.39. The monoisotopic (exact) mass is 356 g/mol. The largest absolute Gasteiger partial charge is 0.416 e. The van der Waals surface area contributed by atoms with E-state index in [9.17, 15) is 13.2 Å². The zero-order valence-electron chi connectivity index (χ0n) is 11.3. The summed E-state index contributed by atoms with van der Waals surface area (Å²) < 4.78 is 40.3. The fourth-order valence-corrected chi connectivity index (χ4v) is 2.50. The second-order valence-electron chi connectivity index (χ2n) is 4.59. The van der Waals surface area contributed by atoms with Crippen LogP contribution in [0.4, 0.5) is 13.2 Å². The number of nitrogens with one attached hydrogen (secondary N) is 1. The highest BCUT2D eigenvalue weighted by molar-refractivity contribution is 7.71. The average molecular weight is 357 g/mol. The molecule has 0 amide bonds. The van der Waals surface area contributed by atoms with Gasteiger partial charge < -0.3 is 0 Å². The van der Waals surface area contributed by atoms with E-state index in [-0.39, 0.29) is 15.5 Å². The molecule has 0 saturated carbocycles. The molecule has 2 aromatic heterocycles. The Balaban J connectivity index is 2.25. The molecule has 9 heteroatoms. The summed E-state index contributed by atoms with van der Waals surface area (Å²) in [6.07, 6.45) is -1.38. The van der Waals surface area contributed by atoms with Crippen molar-refractivity contribution in [1.29, 1.82) is 0 Å². The van der Waals surface area contributed by atoms with Gasteiger partial charge in [-0.05, 0) is 42.5 Å². The standard InChI is InChI=1S/C14H8ClF3N4S/c15-10-4-3-9(14(16,17)18)6-11(10)22-12(20-21-13(22)23)8-2-1-5-19-7-8/h1-7H,(H,21,23). The van der Waals surface area contributed by atoms with Gasteiger partial charge in [0, 0.05) is 18.0 Å². The zero-order valence-corrected chi connectivity index (χ0v) is 12.9. The topological polar surface area (TPSA) is 46.5 Å². The van der Waals surface area contributed by atoms with E-state index in [1.807, 2.05) is 0 Å². The molecule has 0 bridgehead atoms. The second kappa shape index (κ2) is 5.78. The Bertz CT molecular complexity index is 902. The van der Waals surface area contributed by atoms with Crippen LogP contribution in [0.2, 0.25) is 5.02 Å². The fourth-order valence-electron chi connectivity index (χ4n) is 2.07. The molecule has 118 valence electrons. The molecule has 23 heavy (non-hydrogen) atoms.